The van der Waals surface area contributed by atoms with E-state index in [4.69, 9.17) is 4.74 Å². The Morgan fingerprint density at radius 2 is 1.89 bits per heavy atom. The van der Waals surface area contributed by atoms with Gasteiger partial charge in [0.2, 0.25) is 0 Å². The number of esters is 1. The molecular weight excluding hydrogens is 226 g/mol. The third-order valence-corrected chi connectivity index (χ3v) is 2.88. The molecule has 0 heterocycles. The smallest absolute Gasteiger partial charge is 0.335 e. The van der Waals surface area contributed by atoms with Gasteiger partial charge in [-0.1, -0.05) is 30.3 Å². The van der Waals surface area contributed by atoms with Gasteiger partial charge in [0.05, 0.1) is 12.2 Å². The quantitative estimate of drug-likeness (QED) is 0.641. The van der Waals surface area contributed by atoms with Crippen LogP contribution >= 0.6 is 0 Å². The Balaban J connectivity index is 2.72. The molecule has 1 atom stereocenters. The van der Waals surface area contributed by atoms with Crippen molar-refractivity contribution < 1.29 is 9.53 Å². The molecule has 0 saturated carbocycles. The van der Waals surface area contributed by atoms with Crippen LogP contribution in [0.2, 0.25) is 0 Å². The first-order chi connectivity index (χ1) is 8.56. The standard InChI is InChI=1S/C15H21NO2/c1-5-18-15(17)11(2)12(3)16-13(4)14-9-7-6-8-10-14/h6-10,13,16H,5H2,1-4H3/b12-11-/t13-/m0/s1. The number of allylic oxidation sites excluding steroid dienone is 1. The second-order valence-electron chi connectivity index (χ2n) is 4.25. The predicted octanol–water partition coefficient (Wildman–Crippen LogP) is 3.19. The van der Waals surface area contributed by atoms with E-state index in [1.807, 2.05) is 25.1 Å². The number of hydrogen-bond acceptors (Lipinski definition) is 3. The van der Waals surface area contributed by atoms with Gasteiger partial charge in [-0.2, -0.15) is 0 Å². The van der Waals surface area contributed by atoms with Crippen LogP contribution in [0.1, 0.15) is 39.3 Å². The average molecular weight is 247 g/mol. The lowest BCUT2D eigenvalue weighted by atomic mass is 10.1. The van der Waals surface area contributed by atoms with E-state index in [1.54, 1.807) is 13.8 Å². The van der Waals surface area contributed by atoms with E-state index in [-0.39, 0.29) is 12.0 Å². The Morgan fingerprint density at radius 1 is 1.28 bits per heavy atom. The van der Waals surface area contributed by atoms with Crippen LogP contribution in [0.4, 0.5) is 0 Å². The number of ether oxygens (including phenoxy) is 1. The maximum absolute atomic E-state index is 11.6. The minimum atomic E-state index is -0.261. The van der Waals surface area contributed by atoms with Gasteiger partial charge >= 0.3 is 5.97 Å². The van der Waals surface area contributed by atoms with Gasteiger partial charge in [-0.15, -0.1) is 0 Å². The van der Waals surface area contributed by atoms with Crippen LogP contribution in [-0.4, -0.2) is 12.6 Å². The molecule has 0 unspecified atom stereocenters. The number of nitrogens with one attached hydrogen (secondary N) is 1. The van der Waals surface area contributed by atoms with Crippen LogP contribution < -0.4 is 5.32 Å². The van der Waals surface area contributed by atoms with E-state index in [0.29, 0.717) is 12.2 Å². The van der Waals surface area contributed by atoms with Gasteiger partial charge in [0, 0.05) is 11.7 Å². The summed E-state index contributed by atoms with van der Waals surface area (Å²) in [6.45, 7) is 7.94. The molecule has 0 aliphatic rings. The molecule has 0 fully saturated rings. The molecule has 3 heteroatoms. The molecule has 0 amide bonds. The fraction of sp³-hybridized carbons (Fsp3) is 0.400. The first kappa shape index (κ1) is 14.3. The van der Waals surface area contributed by atoms with Crippen molar-refractivity contribution in [2.45, 2.75) is 33.7 Å². The molecule has 0 aliphatic heterocycles. The summed E-state index contributed by atoms with van der Waals surface area (Å²) in [5.41, 5.74) is 2.66. The Hall–Kier alpha value is -1.77. The minimum absolute atomic E-state index is 0.163. The van der Waals surface area contributed by atoms with Crippen molar-refractivity contribution in [3.8, 4) is 0 Å². The summed E-state index contributed by atoms with van der Waals surface area (Å²) in [5.74, 6) is -0.261. The lowest BCUT2D eigenvalue weighted by molar-refractivity contribution is -0.138. The van der Waals surface area contributed by atoms with E-state index in [1.165, 1.54) is 5.56 Å². The zero-order valence-electron chi connectivity index (χ0n) is 11.5. The number of hydrogen-bond donors (Lipinski definition) is 1. The molecule has 1 aromatic carbocycles. The van der Waals surface area contributed by atoms with Crippen molar-refractivity contribution in [1.82, 2.24) is 5.32 Å². The summed E-state index contributed by atoms with van der Waals surface area (Å²) in [6, 6.07) is 10.3. The zero-order valence-corrected chi connectivity index (χ0v) is 11.5. The molecule has 1 aromatic rings. The van der Waals surface area contributed by atoms with Crippen molar-refractivity contribution >= 4 is 5.97 Å². The van der Waals surface area contributed by atoms with Crippen molar-refractivity contribution in [3.05, 3.63) is 47.2 Å². The maximum Gasteiger partial charge on any atom is 0.335 e. The highest BCUT2D eigenvalue weighted by atomic mass is 16.5. The Labute approximate surface area is 109 Å². The summed E-state index contributed by atoms with van der Waals surface area (Å²) in [5, 5.41) is 3.31. The minimum Gasteiger partial charge on any atom is -0.463 e. The Kier molecular flexibility index (Phi) is 5.43. The molecule has 0 spiro atoms. The van der Waals surface area contributed by atoms with Crippen molar-refractivity contribution in [3.63, 3.8) is 0 Å². The van der Waals surface area contributed by atoms with Crippen molar-refractivity contribution in [1.29, 1.82) is 0 Å². The van der Waals surface area contributed by atoms with Crippen LogP contribution in [0, 0.1) is 0 Å². The van der Waals surface area contributed by atoms with Crippen LogP contribution in [0.5, 0.6) is 0 Å². The van der Waals surface area contributed by atoms with Crippen LogP contribution in [0.25, 0.3) is 0 Å². The lowest BCUT2D eigenvalue weighted by Gasteiger charge is -2.17. The summed E-state index contributed by atoms with van der Waals surface area (Å²) in [6.07, 6.45) is 0. The first-order valence-electron chi connectivity index (χ1n) is 6.22. The fourth-order valence-corrected chi connectivity index (χ4v) is 1.65. The molecule has 98 valence electrons. The van der Waals surface area contributed by atoms with Gasteiger partial charge in [-0.25, -0.2) is 4.79 Å². The Morgan fingerprint density at radius 3 is 2.44 bits per heavy atom. The SMILES string of the molecule is CCOC(=O)/C(C)=C(/C)N[C@@H](C)c1ccccc1. The molecule has 1 rings (SSSR count). The van der Waals surface area contributed by atoms with E-state index >= 15 is 0 Å². The number of carbonyl (C=O) groups excluding carboxylic acids is 1. The van der Waals surface area contributed by atoms with E-state index in [0.717, 1.165) is 5.70 Å². The number of rotatable bonds is 5. The van der Waals surface area contributed by atoms with Gasteiger partial charge in [0.1, 0.15) is 0 Å². The molecular formula is C15H21NO2. The number of carbonyl (C=O) groups is 1. The molecule has 0 radical (unpaired) electrons. The van der Waals surface area contributed by atoms with E-state index < -0.39 is 0 Å². The molecule has 0 aliphatic carbocycles. The topological polar surface area (TPSA) is 38.3 Å². The second-order valence-corrected chi connectivity index (χ2v) is 4.25. The lowest BCUT2D eigenvalue weighted by Crippen LogP contribution is -2.20. The largest absolute Gasteiger partial charge is 0.463 e. The van der Waals surface area contributed by atoms with Gasteiger partial charge in [0.25, 0.3) is 0 Å². The molecule has 1 N–H and O–H groups in total. The molecule has 3 nitrogen and oxygen atoms in total. The van der Waals surface area contributed by atoms with E-state index in [9.17, 15) is 4.79 Å². The third-order valence-electron chi connectivity index (χ3n) is 2.88. The normalized spacial score (nSPS) is 13.6. The molecule has 0 saturated heterocycles. The van der Waals surface area contributed by atoms with Crippen LogP contribution in [0.3, 0.4) is 0 Å². The highest BCUT2D eigenvalue weighted by Crippen LogP contribution is 2.14. The average Bonchev–Trinajstić information content (AvgIpc) is 2.39. The third kappa shape index (κ3) is 3.91. The second kappa shape index (κ2) is 6.84. The monoisotopic (exact) mass is 247 g/mol. The maximum atomic E-state index is 11.6. The van der Waals surface area contributed by atoms with Gasteiger partial charge in [-0.05, 0) is 33.3 Å². The highest BCUT2D eigenvalue weighted by molar-refractivity contribution is 5.88. The van der Waals surface area contributed by atoms with Crippen molar-refractivity contribution in [2.24, 2.45) is 0 Å². The Bertz CT molecular complexity index is 423. The highest BCUT2D eigenvalue weighted by Gasteiger charge is 2.11. The molecule has 18 heavy (non-hydrogen) atoms. The van der Waals surface area contributed by atoms with Gasteiger partial charge < -0.3 is 10.1 Å². The summed E-state index contributed by atoms with van der Waals surface area (Å²) in [4.78, 5) is 11.6. The summed E-state index contributed by atoms with van der Waals surface area (Å²) < 4.78 is 4.98. The first-order valence-corrected chi connectivity index (χ1v) is 6.22. The number of benzene rings is 1. The summed E-state index contributed by atoms with van der Waals surface area (Å²) >= 11 is 0. The van der Waals surface area contributed by atoms with Crippen LogP contribution in [-0.2, 0) is 9.53 Å². The fourth-order valence-electron chi connectivity index (χ4n) is 1.65. The zero-order chi connectivity index (χ0) is 13.5. The van der Waals surface area contributed by atoms with Crippen molar-refractivity contribution in [2.75, 3.05) is 6.61 Å². The van der Waals surface area contributed by atoms with Gasteiger partial charge in [0.15, 0.2) is 0 Å². The summed E-state index contributed by atoms with van der Waals surface area (Å²) in [7, 11) is 0. The van der Waals surface area contributed by atoms with E-state index in [2.05, 4.69) is 24.4 Å². The van der Waals surface area contributed by atoms with Crippen LogP contribution in [0.15, 0.2) is 41.6 Å². The predicted molar refractivity (Wildman–Crippen MR) is 73.0 cm³/mol. The molecule has 0 bridgehead atoms. The molecule has 0 aromatic heterocycles. The van der Waals surface area contributed by atoms with Gasteiger partial charge in [-0.3, -0.25) is 0 Å².